The Morgan fingerprint density at radius 3 is 1.84 bits per heavy atom. The van der Waals surface area contributed by atoms with Gasteiger partial charge in [0.05, 0.1) is 20.9 Å². The van der Waals surface area contributed by atoms with Gasteiger partial charge in [-0.2, -0.15) is 0 Å². The zero-order chi connectivity index (χ0) is 26.0. The lowest BCUT2D eigenvalue weighted by Crippen LogP contribution is -2.16. The van der Waals surface area contributed by atoms with Crippen LogP contribution in [0.4, 0.5) is 23.0 Å². The van der Waals surface area contributed by atoms with Gasteiger partial charge in [0.15, 0.2) is 11.6 Å². The molecule has 37 heavy (non-hydrogen) atoms. The van der Waals surface area contributed by atoms with E-state index in [1.165, 1.54) is 36.4 Å². The smallest absolute Gasteiger partial charge is 0.269 e. The Morgan fingerprint density at radius 1 is 0.730 bits per heavy atom. The Balaban J connectivity index is 1.46. The van der Waals surface area contributed by atoms with Crippen molar-refractivity contribution in [3.05, 3.63) is 112 Å². The van der Waals surface area contributed by atoms with Crippen molar-refractivity contribution in [1.82, 2.24) is 9.97 Å². The molecule has 0 spiro atoms. The van der Waals surface area contributed by atoms with Crippen molar-refractivity contribution in [2.75, 3.05) is 10.0 Å². The van der Waals surface area contributed by atoms with Crippen LogP contribution in [0.3, 0.4) is 0 Å². The van der Waals surface area contributed by atoms with Crippen LogP contribution in [0.1, 0.15) is 0 Å². The number of anilines is 3. The number of hydrogen-bond donors (Lipinski definition) is 2. The van der Waals surface area contributed by atoms with Crippen molar-refractivity contribution in [3.63, 3.8) is 0 Å². The molecule has 9 nitrogen and oxygen atoms in total. The second-order valence-corrected chi connectivity index (χ2v) is 10.1. The molecule has 1 aromatic heterocycles. The number of nitrogens with one attached hydrogen (secondary N) is 2. The van der Waals surface area contributed by atoms with Crippen molar-refractivity contribution >= 4 is 55.7 Å². The van der Waals surface area contributed by atoms with E-state index in [4.69, 9.17) is 11.6 Å². The average molecular weight is 532 g/mol. The number of fused-ring (bicyclic) bond motifs is 1. The minimum Gasteiger partial charge on any atom is -0.337 e. The summed E-state index contributed by atoms with van der Waals surface area (Å²) in [4.78, 5) is 19.6. The van der Waals surface area contributed by atoms with Crippen LogP contribution in [-0.4, -0.2) is 23.3 Å². The van der Waals surface area contributed by atoms with Gasteiger partial charge in [-0.25, -0.2) is 18.4 Å². The fourth-order valence-corrected chi connectivity index (χ4v) is 4.75. The maximum atomic E-state index is 13.0. The number of para-hydroxylation sites is 2. The molecule has 0 amide bonds. The number of benzene rings is 4. The van der Waals surface area contributed by atoms with E-state index >= 15 is 0 Å². The van der Waals surface area contributed by atoms with Crippen molar-refractivity contribution in [3.8, 4) is 11.1 Å². The molecule has 0 aliphatic heterocycles. The first-order chi connectivity index (χ1) is 17.8. The fourth-order valence-electron chi connectivity index (χ4n) is 3.62. The fraction of sp³-hybridized carbons (Fsp3) is 0. The second-order valence-electron chi connectivity index (χ2n) is 7.98. The van der Waals surface area contributed by atoms with E-state index in [0.29, 0.717) is 21.7 Å². The maximum absolute atomic E-state index is 13.0. The SMILES string of the molecule is O=[N+]([O-])c1ccc(-c2ccc(Nc3nc4ccccc4nc3NS(=O)(=O)c3ccc(Cl)cc3)cc2)cc1. The summed E-state index contributed by atoms with van der Waals surface area (Å²) in [6.45, 7) is 0. The Bertz CT molecular complexity index is 1710. The molecule has 0 fully saturated rings. The lowest BCUT2D eigenvalue weighted by molar-refractivity contribution is -0.384. The van der Waals surface area contributed by atoms with Crippen molar-refractivity contribution in [1.29, 1.82) is 0 Å². The maximum Gasteiger partial charge on any atom is 0.269 e. The number of hydrogen-bond acceptors (Lipinski definition) is 7. The Kier molecular flexibility index (Phi) is 6.43. The van der Waals surface area contributed by atoms with Crippen LogP contribution in [0.5, 0.6) is 0 Å². The molecule has 0 radical (unpaired) electrons. The number of nitro benzene ring substituents is 1. The van der Waals surface area contributed by atoms with E-state index in [9.17, 15) is 18.5 Å². The molecule has 0 aliphatic rings. The number of nitro groups is 1. The first-order valence-electron chi connectivity index (χ1n) is 11.0. The molecule has 5 aromatic rings. The van der Waals surface area contributed by atoms with Crippen molar-refractivity contribution < 1.29 is 13.3 Å². The zero-order valence-electron chi connectivity index (χ0n) is 19.0. The molecule has 11 heteroatoms. The van der Waals surface area contributed by atoms with Gasteiger partial charge in [-0.05, 0) is 71.8 Å². The van der Waals surface area contributed by atoms with E-state index in [2.05, 4.69) is 20.0 Å². The number of halogens is 1. The highest BCUT2D eigenvalue weighted by molar-refractivity contribution is 7.92. The van der Waals surface area contributed by atoms with Gasteiger partial charge in [-0.15, -0.1) is 0 Å². The first-order valence-corrected chi connectivity index (χ1v) is 12.8. The molecule has 0 atom stereocenters. The summed E-state index contributed by atoms with van der Waals surface area (Å²) in [5.41, 5.74) is 3.44. The highest BCUT2D eigenvalue weighted by Gasteiger charge is 2.19. The van der Waals surface area contributed by atoms with Gasteiger partial charge in [0.1, 0.15) is 0 Å². The molecule has 2 N–H and O–H groups in total. The number of rotatable bonds is 7. The van der Waals surface area contributed by atoms with Crippen molar-refractivity contribution in [2.45, 2.75) is 4.90 Å². The lowest BCUT2D eigenvalue weighted by atomic mass is 10.1. The topological polar surface area (TPSA) is 127 Å². The molecule has 0 saturated heterocycles. The van der Waals surface area contributed by atoms with Crippen LogP contribution in [0.2, 0.25) is 5.02 Å². The van der Waals surface area contributed by atoms with E-state index in [0.717, 1.165) is 11.1 Å². The van der Waals surface area contributed by atoms with Gasteiger partial charge in [-0.3, -0.25) is 14.8 Å². The van der Waals surface area contributed by atoms with Gasteiger partial charge in [0.2, 0.25) is 0 Å². The molecule has 5 rings (SSSR count). The number of nitrogens with zero attached hydrogens (tertiary/aromatic N) is 3. The molecule has 0 aliphatic carbocycles. The Labute approximate surface area is 217 Å². The second kappa shape index (κ2) is 9.84. The minimum absolute atomic E-state index is 0.0190. The Morgan fingerprint density at radius 2 is 1.27 bits per heavy atom. The molecular formula is C26H18ClN5O4S. The quantitative estimate of drug-likeness (QED) is 0.183. The molecule has 1 heterocycles. The standard InChI is InChI=1S/C26H18ClN5O4S/c27-19-9-15-22(16-10-19)37(35,36)31-26-25(29-23-3-1-2-4-24(23)30-26)28-20-11-5-17(6-12-20)18-7-13-21(14-8-18)32(33)34/h1-16H,(H,28,29)(H,30,31). The normalized spacial score (nSPS) is 11.3. The summed E-state index contributed by atoms with van der Waals surface area (Å²) in [7, 11) is -3.97. The summed E-state index contributed by atoms with van der Waals surface area (Å²) >= 11 is 5.90. The van der Waals surface area contributed by atoms with Gasteiger partial charge < -0.3 is 5.32 Å². The van der Waals surface area contributed by atoms with Crippen LogP contribution < -0.4 is 10.0 Å². The lowest BCUT2D eigenvalue weighted by Gasteiger charge is -2.14. The van der Waals surface area contributed by atoms with Crippen LogP contribution in [-0.2, 0) is 10.0 Å². The number of non-ortho nitro benzene ring substituents is 1. The third-order valence-corrected chi connectivity index (χ3v) is 7.09. The predicted octanol–water partition coefficient (Wildman–Crippen LogP) is 6.40. The molecule has 0 saturated carbocycles. The number of aromatic nitrogens is 2. The third-order valence-electron chi connectivity index (χ3n) is 5.48. The minimum atomic E-state index is -3.97. The molecule has 0 unspecified atom stereocenters. The highest BCUT2D eigenvalue weighted by Crippen LogP contribution is 2.29. The molecule has 0 bridgehead atoms. The monoisotopic (exact) mass is 531 g/mol. The van der Waals surface area contributed by atoms with Gasteiger partial charge in [0, 0.05) is 22.8 Å². The number of sulfonamides is 1. The highest BCUT2D eigenvalue weighted by atomic mass is 35.5. The summed E-state index contributed by atoms with van der Waals surface area (Å²) < 4.78 is 28.6. The van der Waals surface area contributed by atoms with E-state index in [1.807, 2.05) is 18.2 Å². The largest absolute Gasteiger partial charge is 0.337 e. The summed E-state index contributed by atoms with van der Waals surface area (Å²) in [5.74, 6) is 0.257. The van der Waals surface area contributed by atoms with Gasteiger partial charge in [0.25, 0.3) is 15.7 Å². The Hall–Kier alpha value is -4.54. The van der Waals surface area contributed by atoms with Crippen LogP contribution in [0.25, 0.3) is 22.2 Å². The van der Waals surface area contributed by atoms with Crippen LogP contribution in [0.15, 0.2) is 102 Å². The molecule has 184 valence electrons. The third kappa shape index (κ3) is 5.35. The summed E-state index contributed by atoms with van der Waals surface area (Å²) in [6.07, 6.45) is 0. The van der Waals surface area contributed by atoms with Crippen molar-refractivity contribution in [2.24, 2.45) is 0 Å². The van der Waals surface area contributed by atoms with Crippen LogP contribution in [0, 0.1) is 10.1 Å². The van der Waals surface area contributed by atoms with E-state index in [-0.39, 0.29) is 22.2 Å². The zero-order valence-corrected chi connectivity index (χ0v) is 20.6. The molecule has 4 aromatic carbocycles. The van der Waals surface area contributed by atoms with E-state index < -0.39 is 14.9 Å². The summed E-state index contributed by atoms with van der Waals surface area (Å²) in [6, 6.07) is 26.5. The van der Waals surface area contributed by atoms with Gasteiger partial charge >= 0.3 is 0 Å². The average Bonchev–Trinajstić information content (AvgIpc) is 2.89. The summed E-state index contributed by atoms with van der Waals surface area (Å²) in [5, 5.41) is 14.5. The van der Waals surface area contributed by atoms with Gasteiger partial charge in [-0.1, -0.05) is 35.9 Å². The predicted molar refractivity (Wildman–Crippen MR) is 144 cm³/mol. The molecular weight excluding hydrogens is 514 g/mol. The van der Waals surface area contributed by atoms with E-state index in [1.54, 1.807) is 42.5 Å². The first kappa shape index (κ1) is 24.2. The van der Waals surface area contributed by atoms with Crippen LogP contribution >= 0.6 is 11.6 Å².